The summed E-state index contributed by atoms with van der Waals surface area (Å²) in [6.07, 6.45) is 0. The molecule has 1 unspecified atom stereocenters. The number of aliphatic hydroxyl groups is 1. The van der Waals surface area contributed by atoms with E-state index in [1.807, 2.05) is 0 Å². The zero-order valence-electron chi connectivity index (χ0n) is 21.1. The van der Waals surface area contributed by atoms with Crippen molar-refractivity contribution in [2.45, 2.75) is 13.0 Å². The quantitative estimate of drug-likeness (QED) is 0.251. The molecule has 8 nitrogen and oxygen atoms in total. The maximum atomic E-state index is 14.2. The number of rotatable bonds is 8. The number of carbonyl (C=O) groups is 2. The second kappa shape index (κ2) is 10.8. The minimum Gasteiger partial charge on any atom is -0.507 e. The number of hydrogen-bond donors (Lipinski definition) is 1. The van der Waals surface area contributed by atoms with E-state index in [0.29, 0.717) is 29.4 Å². The van der Waals surface area contributed by atoms with Gasteiger partial charge >= 0.3 is 0 Å². The number of anilines is 1. The molecule has 4 rings (SSSR count). The highest BCUT2D eigenvalue weighted by Crippen LogP contribution is 2.45. The van der Waals surface area contributed by atoms with Crippen LogP contribution in [0.15, 0.2) is 60.2 Å². The lowest BCUT2D eigenvalue weighted by molar-refractivity contribution is -0.132. The summed E-state index contributed by atoms with van der Waals surface area (Å²) >= 11 is 0. The molecule has 1 heterocycles. The first-order valence-electron chi connectivity index (χ1n) is 11.5. The number of halogens is 2. The van der Waals surface area contributed by atoms with Crippen molar-refractivity contribution >= 4 is 23.1 Å². The lowest BCUT2D eigenvalue weighted by Crippen LogP contribution is -2.29. The van der Waals surface area contributed by atoms with E-state index in [0.717, 1.165) is 17.0 Å². The normalized spacial score (nSPS) is 16.5. The van der Waals surface area contributed by atoms with Gasteiger partial charge in [0, 0.05) is 17.3 Å². The van der Waals surface area contributed by atoms with Crippen molar-refractivity contribution in [3.63, 3.8) is 0 Å². The summed E-state index contributed by atoms with van der Waals surface area (Å²) in [5.41, 5.74) is 0.199. The van der Waals surface area contributed by atoms with Crippen LogP contribution in [0.1, 0.15) is 24.1 Å². The largest absolute Gasteiger partial charge is 0.507 e. The van der Waals surface area contributed by atoms with Crippen molar-refractivity contribution in [2.24, 2.45) is 0 Å². The number of ether oxygens (including phenoxy) is 4. The summed E-state index contributed by atoms with van der Waals surface area (Å²) in [5, 5.41) is 11.4. The van der Waals surface area contributed by atoms with Crippen LogP contribution in [0.2, 0.25) is 0 Å². The van der Waals surface area contributed by atoms with E-state index in [1.165, 1.54) is 45.6 Å². The van der Waals surface area contributed by atoms with Crippen LogP contribution in [0, 0.1) is 11.6 Å². The van der Waals surface area contributed by atoms with Gasteiger partial charge in [0.1, 0.15) is 5.76 Å². The molecule has 0 aliphatic carbocycles. The topological polar surface area (TPSA) is 94.5 Å². The van der Waals surface area contributed by atoms with Crippen LogP contribution in [0.4, 0.5) is 14.5 Å². The van der Waals surface area contributed by atoms with Crippen molar-refractivity contribution in [3.8, 4) is 23.0 Å². The predicted molar refractivity (Wildman–Crippen MR) is 135 cm³/mol. The first kappa shape index (κ1) is 26.5. The Morgan fingerprint density at radius 3 is 2.13 bits per heavy atom. The third-order valence-electron chi connectivity index (χ3n) is 6.09. The van der Waals surface area contributed by atoms with E-state index in [4.69, 9.17) is 18.9 Å². The van der Waals surface area contributed by atoms with Crippen molar-refractivity contribution < 1.29 is 42.4 Å². The molecule has 1 N–H and O–H groups in total. The highest BCUT2D eigenvalue weighted by molar-refractivity contribution is 6.51. The molecule has 38 heavy (non-hydrogen) atoms. The molecule has 1 atom stereocenters. The Morgan fingerprint density at radius 2 is 1.50 bits per heavy atom. The molecule has 3 aromatic carbocycles. The number of amides is 1. The summed E-state index contributed by atoms with van der Waals surface area (Å²) in [5.74, 6) is -3.45. The zero-order valence-corrected chi connectivity index (χ0v) is 21.1. The van der Waals surface area contributed by atoms with Crippen molar-refractivity contribution in [2.75, 3.05) is 32.8 Å². The van der Waals surface area contributed by atoms with Gasteiger partial charge in [-0.2, -0.15) is 0 Å². The molecule has 0 radical (unpaired) electrons. The summed E-state index contributed by atoms with van der Waals surface area (Å²) < 4.78 is 49.5. The predicted octanol–water partition coefficient (Wildman–Crippen LogP) is 5.02. The fourth-order valence-electron chi connectivity index (χ4n) is 4.32. The SMILES string of the molecule is CCOc1cc(C2/C(=C(\O)c3ccc(OC)c(OC)c3)C(=O)C(=O)N2c2ccc(F)c(F)c2)ccc1OC. The number of ketones is 1. The number of nitrogens with zero attached hydrogens (tertiary/aromatic N) is 1. The smallest absolute Gasteiger partial charge is 0.300 e. The summed E-state index contributed by atoms with van der Waals surface area (Å²) in [7, 11) is 4.32. The molecule has 0 spiro atoms. The zero-order chi connectivity index (χ0) is 27.6. The number of aliphatic hydroxyl groups excluding tert-OH is 1. The number of carbonyl (C=O) groups excluding carboxylic acids is 2. The van der Waals surface area contributed by atoms with E-state index in [-0.39, 0.29) is 22.6 Å². The molecule has 10 heteroatoms. The van der Waals surface area contributed by atoms with E-state index in [9.17, 15) is 23.5 Å². The molecule has 198 valence electrons. The second-order valence-electron chi connectivity index (χ2n) is 8.18. The van der Waals surface area contributed by atoms with Gasteiger partial charge < -0.3 is 24.1 Å². The van der Waals surface area contributed by atoms with E-state index in [1.54, 1.807) is 25.1 Å². The molecular formula is C28H25F2NO7. The van der Waals surface area contributed by atoms with Gasteiger partial charge in [-0.3, -0.25) is 14.5 Å². The molecule has 1 amide bonds. The minimum atomic E-state index is -1.21. The first-order chi connectivity index (χ1) is 18.2. The molecule has 1 aliphatic rings. The van der Waals surface area contributed by atoms with Crippen LogP contribution in [0.3, 0.4) is 0 Å². The van der Waals surface area contributed by atoms with Crippen molar-refractivity contribution in [3.05, 3.63) is 82.9 Å². The Bertz CT molecular complexity index is 1440. The van der Waals surface area contributed by atoms with Gasteiger partial charge in [-0.05, 0) is 55.0 Å². The fourth-order valence-corrected chi connectivity index (χ4v) is 4.32. The number of methoxy groups -OCH3 is 3. The van der Waals surface area contributed by atoms with Gasteiger partial charge in [-0.1, -0.05) is 6.07 Å². The lowest BCUT2D eigenvalue weighted by atomic mass is 9.94. The van der Waals surface area contributed by atoms with Gasteiger partial charge in [0.05, 0.1) is 39.6 Å². The molecule has 1 aliphatic heterocycles. The van der Waals surface area contributed by atoms with E-state index < -0.39 is 35.1 Å². The summed E-state index contributed by atoms with van der Waals surface area (Å²) in [6.45, 7) is 2.07. The maximum absolute atomic E-state index is 14.2. The van der Waals surface area contributed by atoms with Crippen molar-refractivity contribution in [1.82, 2.24) is 0 Å². The Kier molecular flexibility index (Phi) is 7.52. The number of hydrogen-bond acceptors (Lipinski definition) is 7. The Morgan fingerprint density at radius 1 is 0.842 bits per heavy atom. The second-order valence-corrected chi connectivity index (χ2v) is 8.18. The first-order valence-corrected chi connectivity index (χ1v) is 11.5. The maximum Gasteiger partial charge on any atom is 0.300 e. The number of benzene rings is 3. The summed E-state index contributed by atoms with van der Waals surface area (Å²) in [6, 6.07) is 10.9. The van der Waals surface area contributed by atoms with Crippen LogP contribution >= 0.6 is 0 Å². The fraction of sp³-hybridized carbons (Fsp3) is 0.214. The molecule has 1 fully saturated rings. The molecule has 0 saturated carbocycles. The highest BCUT2D eigenvalue weighted by Gasteiger charge is 2.47. The van der Waals surface area contributed by atoms with Crippen LogP contribution in [-0.2, 0) is 9.59 Å². The standard InChI is InChI=1S/C28H25F2NO7/c1-5-38-23-12-15(6-10-21(23)36-3)25-24(26(32)16-7-11-20(35-2)22(13-16)37-4)27(33)28(34)31(25)17-8-9-18(29)19(30)14-17/h6-14,25,32H,5H2,1-4H3/b26-24+. The molecule has 0 aromatic heterocycles. The third-order valence-corrected chi connectivity index (χ3v) is 6.09. The average Bonchev–Trinajstić information content (AvgIpc) is 3.19. The molecule has 0 bridgehead atoms. The van der Waals surface area contributed by atoms with E-state index in [2.05, 4.69) is 0 Å². The van der Waals surface area contributed by atoms with Gasteiger partial charge in [0.25, 0.3) is 11.7 Å². The Labute approximate surface area is 217 Å². The van der Waals surface area contributed by atoms with Gasteiger partial charge in [0.2, 0.25) is 0 Å². The van der Waals surface area contributed by atoms with Gasteiger partial charge in [0.15, 0.2) is 34.6 Å². The Balaban J connectivity index is 1.98. The monoisotopic (exact) mass is 525 g/mol. The molecule has 3 aromatic rings. The third kappa shape index (κ3) is 4.60. The van der Waals surface area contributed by atoms with Crippen LogP contribution in [0.25, 0.3) is 5.76 Å². The minimum absolute atomic E-state index is 0.0730. The van der Waals surface area contributed by atoms with Crippen LogP contribution < -0.4 is 23.8 Å². The van der Waals surface area contributed by atoms with Crippen LogP contribution in [-0.4, -0.2) is 44.7 Å². The number of Topliss-reactive ketones (excluding diaryl/α,β-unsaturated/α-hetero) is 1. The van der Waals surface area contributed by atoms with Gasteiger partial charge in [-0.15, -0.1) is 0 Å². The Hall–Kier alpha value is -4.60. The highest BCUT2D eigenvalue weighted by atomic mass is 19.2. The molecular weight excluding hydrogens is 500 g/mol. The van der Waals surface area contributed by atoms with Crippen LogP contribution in [0.5, 0.6) is 23.0 Å². The molecule has 1 saturated heterocycles. The van der Waals surface area contributed by atoms with E-state index >= 15 is 0 Å². The summed E-state index contributed by atoms with van der Waals surface area (Å²) in [4.78, 5) is 27.7. The lowest BCUT2D eigenvalue weighted by Gasteiger charge is -2.26. The van der Waals surface area contributed by atoms with Crippen molar-refractivity contribution in [1.29, 1.82) is 0 Å². The average molecular weight is 526 g/mol. The van der Waals surface area contributed by atoms with Gasteiger partial charge in [-0.25, -0.2) is 8.78 Å².